The molecule has 2 aromatic rings. The number of benzene rings is 1. The van der Waals surface area contributed by atoms with Crippen molar-refractivity contribution in [2.45, 2.75) is 58.1 Å². The Hall–Kier alpha value is -3.16. The van der Waals surface area contributed by atoms with Crippen LogP contribution in [0.4, 0.5) is 4.79 Å². The first-order valence-corrected chi connectivity index (χ1v) is 10.7. The first-order valence-electron chi connectivity index (χ1n) is 10.7. The van der Waals surface area contributed by atoms with E-state index in [4.69, 9.17) is 9.15 Å². The summed E-state index contributed by atoms with van der Waals surface area (Å²) in [6, 6.07) is 6.26. The van der Waals surface area contributed by atoms with Crippen molar-refractivity contribution in [3.63, 3.8) is 0 Å². The molecule has 2 fully saturated rings. The van der Waals surface area contributed by atoms with E-state index in [1.807, 2.05) is 26.0 Å². The number of carbonyl (C=O) groups is 3. The van der Waals surface area contributed by atoms with Crippen LogP contribution >= 0.6 is 0 Å². The second-order valence-corrected chi connectivity index (χ2v) is 8.38. The molecule has 2 heterocycles. The minimum absolute atomic E-state index is 0.0154. The number of carbonyl (C=O) groups excluding carboxylic acids is 3. The van der Waals surface area contributed by atoms with E-state index in [-0.39, 0.29) is 18.4 Å². The van der Waals surface area contributed by atoms with Crippen molar-refractivity contribution in [3.05, 3.63) is 45.8 Å². The van der Waals surface area contributed by atoms with E-state index in [0.29, 0.717) is 23.0 Å². The predicted molar refractivity (Wildman–Crippen MR) is 112 cm³/mol. The van der Waals surface area contributed by atoms with E-state index in [1.165, 1.54) is 6.07 Å². The lowest BCUT2D eigenvalue weighted by atomic mass is 9.73. The quantitative estimate of drug-likeness (QED) is 0.448. The molecule has 2 aliphatic rings. The van der Waals surface area contributed by atoms with Crippen LogP contribution in [0.5, 0.6) is 0 Å². The van der Waals surface area contributed by atoms with Gasteiger partial charge in [0.2, 0.25) is 0 Å². The van der Waals surface area contributed by atoms with Crippen LogP contribution in [0.1, 0.15) is 50.7 Å². The van der Waals surface area contributed by atoms with Crippen LogP contribution in [0.25, 0.3) is 11.0 Å². The van der Waals surface area contributed by atoms with E-state index >= 15 is 0 Å². The Morgan fingerprint density at radius 3 is 2.81 bits per heavy atom. The van der Waals surface area contributed by atoms with Gasteiger partial charge in [0, 0.05) is 17.0 Å². The maximum atomic E-state index is 13.0. The van der Waals surface area contributed by atoms with Gasteiger partial charge in [-0.25, -0.2) is 9.59 Å². The summed E-state index contributed by atoms with van der Waals surface area (Å²) in [7, 11) is 0. The maximum Gasteiger partial charge on any atom is 0.336 e. The number of hydrogen-bond acceptors (Lipinski definition) is 6. The lowest BCUT2D eigenvalue weighted by molar-refractivity contribution is -0.149. The van der Waals surface area contributed by atoms with Crippen LogP contribution < -0.4 is 10.9 Å². The number of aryl methyl sites for hydroxylation is 1. The monoisotopic (exact) mass is 426 g/mol. The molecule has 0 radical (unpaired) electrons. The van der Waals surface area contributed by atoms with Crippen molar-refractivity contribution in [3.8, 4) is 0 Å². The predicted octanol–water partition coefficient (Wildman–Crippen LogP) is 2.90. The molecule has 1 aromatic heterocycles. The van der Waals surface area contributed by atoms with E-state index in [9.17, 15) is 19.2 Å². The Morgan fingerprint density at radius 1 is 1.26 bits per heavy atom. The SMILES string of the molecule is CCc1ccc2c(COC(=O)CN3C(=O)N[C@]4(CCCC[C@@H]4C)C3=O)cc(=O)oc2c1. The van der Waals surface area contributed by atoms with Gasteiger partial charge < -0.3 is 14.5 Å². The number of rotatable bonds is 5. The van der Waals surface area contributed by atoms with Crippen LogP contribution in [0.3, 0.4) is 0 Å². The second kappa shape index (κ2) is 8.17. The molecule has 1 aliphatic carbocycles. The van der Waals surface area contributed by atoms with Gasteiger partial charge in [0.05, 0.1) is 0 Å². The second-order valence-electron chi connectivity index (χ2n) is 8.38. The van der Waals surface area contributed by atoms with Crippen LogP contribution in [0.2, 0.25) is 0 Å². The van der Waals surface area contributed by atoms with Gasteiger partial charge in [0.15, 0.2) is 0 Å². The van der Waals surface area contributed by atoms with Gasteiger partial charge in [0.1, 0.15) is 24.3 Å². The molecule has 1 aliphatic heterocycles. The molecule has 0 bridgehead atoms. The Morgan fingerprint density at radius 2 is 2.06 bits per heavy atom. The van der Waals surface area contributed by atoms with Gasteiger partial charge in [-0.15, -0.1) is 0 Å². The summed E-state index contributed by atoms with van der Waals surface area (Å²) in [5, 5.41) is 3.49. The van der Waals surface area contributed by atoms with Crippen molar-refractivity contribution < 1.29 is 23.5 Å². The number of fused-ring (bicyclic) bond motifs is 1. The molecule has 0 unspecified atom stereocenters. The summed E-state index contributed by atoms with van der Waals surface area (Å²) in [4.78, 5) is 50.7. The third kappa shape index (κ3) is 3.82. The maximum absolute atomic E-state index is 13.0. The molecule has 1 spiro atoms. The molecular weight excluding hydrogens is 400 g/mol. The average molecular weight is 426 g/mol. The van der Waals surface area contributed by atoms with E-state index < -0.39 is 29.7 Å². The van der Waals surface area contributed by atoms with E-state index in [2.05, 4.69) is 5.32 Å². The highest BCUT2D eigenvalue weighted by atomic mass is 16.5. The minimum Gasteiger partial charge on any atom is -0.459 e. The molecule has 8 nitrogen and oxygen atoms in total. The van der Waals surface area contributed by atoms with Crippen molar-refractivity contribution in [2.24, 2.45) is 5.92 Å². The Kier molecular flexibility index (Phi) is 5.56. The molecule has 1 saturated heterocycles. The number of nitrogens with zero attached hydrogens (tertiary/aromatic N) is 1. The topological polar surface area (TPSA) is 106 Å². The lowest BCUT2D eigenvalue weighted by Crippen LogP contribution is -2.54. The average Bonchev–Trinajstić information content (AvgIpc) is 2.98. The summed E-state index contributed by atoms with van der Waals surface area (Å²) < 4.78 is 10.6. The highest BCUT2D eigenvalue weighted by molar-refractivity contribution is 6.09. The summed E-state index contributed by atoms with van der Waals surface area (Å²) in [6.07, 6.45) is 4.11. The standard InChI is InChI=1S/C23H26N2O6/c1-3-15-7-8-17-16(11-19(26)31-18(17)10-15)13-30-20(27)12-25-21(28)23(24-22(25)29)9-5-4-6-14(23)2/h7-8,10-11,14H,3-6,9,12-13H2,1-2H3,(H,24,29)/t14-,23-/m0/s1. The summed E-state index contributed by atoms with van der Waals surface area (Å²) in [5.41, 5.74) is 0.515. The molecule has 1 N–H and O–H groups in total. The van der Waals surface area contributed by atoms with Crippen LogP contribution in [0, 0.1) is 5.92 Å². The number of esters is 1. The molecule has 31 heavy (non-hydrogen) atoms. The van der Waals surface area contributed by atoms with Crippen LogP contribution in [-0.2, 0) is 27.4 Å². The summed E-state index contributed by atoms with van der Waals surface area (Å²) in [5.74, 6) is -1.06. The van der Waals surface area contributed by atoms with E-state index in [1.54, 1.807) is 6.07 Å². The Labute approximate surface area is 179 Å². The van der Waals surface area contributed by atoms with Crippen molar-refractivity contribution in [2.75, 3.05) is 6.54 Å². The Bertz CT molecular complexity index is 1110. The smallest absolute Gasteiger partial charge is 0.336 e. The molecule has 3 amide bonds. The largest absolute Gasteiger partial charge is 0.459 e. The summed E-state index contributed by atoms with van der Waals surface area (Å²) in [6.45, 7) is 3.34. The molecule has 1 saturated carbocycles. The first kappa shape index (κ1) is 21.1. The number of imide groups is 1. The minimum atomic E-state index is -0.915. The highest BCUT2D eigenvalue weighted by Crippen LogP contribution is 2.38. The van der Waals surface area contributed by atoms with Crippen molar-refractivity contribution >= 4 is 28.9 Å². The van der Waals surface area contributed by atoms with Gasteiger partial charge in [-0.05, 0) is 36.8 Å². The number of amides is 3. The zero-order valence-corrected chi connectivity index (χ0v) is 17.7. The molecule has 4 rings (SSSR count). The number of nitrogens with one attached hydrogen (secondary N) is 1. The van der Waals surface area contributed by atoms with Crippen LogP contribution in [0.15, 0.2) is 33.5 Å². The van der Waals surface area contributed by atoms with Gasteiger partial charge in [0.25, 0.3) is 5.91 Å². The van der Waals surface area contributed by atoms with Crippen LogP contribution in [-0.4, -0.2) is 34.9 Å². The number of urea groups is 1. The number of ether oxygens (including phenoxy) is 1. The molecule has 164 valence electrons. The molecular formula is C23H26N2O6. The zero-order valence-electron chi connectivity index (χ0n) is 17.7. The molecule has 1 aromatic carbocycles. The van der Waals surface area contributed by atoms with Crippen molar-refractivity contribution in [1.29, 1.82) is 0 Å². The first-order chi connectivity index (χ1) is 14.8. The molecule has 2 atom stereocenters. The number of hydrogen-bond donors (Lipinski definition) is 1. The summed E-state index contributed by atoms with van der Waals surface area (Å²) >= 11 is 0. The highest BCUT2D eigenvalue weighted by Gasteiger charge is 2.55. The normalized spacial score (nSPS) is 23.4. The van der Waals surface area contributed by atoms with Gasteiger partial charge >= 0.3 is 17.6 Å². The molecule has 8 heteroatoms. The fourth-order valence-electron chi connectivity index (χ4n) is 4.59. The van der Waals surface area contributed by atoms with Gasteiger partial charge in [-0.2, -0.15) is 0 Å². The zero-order chi connectivity index (χ0) is 22.2. The lowest BCUT2D eigenvalue weighted by Gasteiger charge is -2.36. The fraction of sp³-hybridized carbons (Fsp3) is 0.478. The van der Waals surface area contributed by atoms with Crippen molar-refractivity contribution in [1.82, 2.24) is 10.2 Å². The van der Waals surface area contributed by atoms with Gasteiger partial charge in [-0.3, -0.25) is 14.5 Å². The third-order valence-electron chi connectivity index (χ3n) is 6.48. The Balaban J connectivity index is 1.46. The van der Waals surface area contributed by atoms with Gasteiger partial charge in [-0.1, -0.05) is 38.8 Å². The fourth-order valence-corrected chi connectivity index (χ4v) is 4.59. The van der Waals surface area contributed by atoms with E-state index in [0.717, 1.165) is 36.1 Å². The third-order valence-corrected chi connectivity index (χ3v) is 6.48.